The third-order valence-electron chi connectivity index (χ3n) is 5.53. The number of hydrogen-bond donors (Lipinski definition) is 0. The van der Waals surface area contributed by atoms with Crippen LogP contribution in [0.2, 0.25) is 0 Å². The molecule has 136 valence electrons. The monoisotopic (exact) mass is 346 g/mol. The van der Waals surface area contributed by atoms with Crippen LogP contribution in [0.4, 0.5) is 0 Å². The van der Waals surface area contributed by atoms with Crippen LogP contribution in [0, 0.1) is 11.8 Å². The first-order valence-corrected chi connectivity index (χ1v) is 8.88. The highest BCUT2D eigenvalue weighted by molar-refractivity contribution is 5.88. The van der Waals surface area contributed by atoms with E-state index in [4.69, 9.17) is 14.2 Å². The van der Waals surface area contributed by atoms with E-state index < -0.39 is 12.1 Å². The molecule has 0 saturated carbocycles. The zero-order chi connectivity index (χ0) is 18.4. The minimum absolute atomic E-state index is 0.150. The van der Waals surface area contributed by atoms with Crippen LogP contribution in [0.3, 0.4) is 0 Å². The molecule has 5 nitrogen and oxygen atoms in total. The van der Waals surface area contributed by atoms with E-state index in [1.165, 1.54) is 0 Å². The van der Waals surface area contributed by atoms with E-state index in [0.29, 0.717) is 11.3 Å². The second-order valence-corrected chi connectivity index (χ2v) is 7.46. The summed E-state index contributed by atoms with van der Waals surface area (Å²) in [5, 5.41) is 0. The number of epoxide rings is 1. The summed E-state index contributed by atoms with van der Waals surface area (Å²) in [6.45, 7) is 9.35. The minimum Gasteiger partial charge on any atom is -0.458 e. The van der Waals surface area contributed by atoms with Crippen LogP contribution in [-0.4, -0.2) is 29.7 Å². The Labute approximate surface area is 148 Å². The van der Waals surface area contributed by atoms with Crippen molar-refractivity contribution < 1.29 is 23.8 Å². The van der Waals surface area contributed by atoms with Gasteiger partial charge in [0.15, 0.2) is 0 Å². The van der Waals surface area contributed by atoms with Gasteiger partial charge in [0.1, 0.15) is 18.0 Å². The molecule has 3 aliphatic rings. The molecule has 2 fully saturated rings. The van der Waals surface area contributed by atoms with Gasteiger partial charge in [-0.25, -0.2) is 4.79 Å². The molecule has 0 amide bonds. The highest BCUT2D eigenvalue weighted by Crippen LogP contribution is 2.50. The molecule has 0 bridgehead atoms. The Morgan fingerprint density at radius 2 is 2.16 bits per heavy atom. The molecule has 0 spiro atoms. The number of esters is 2. The van der Waals surface area contributed by atoms with Gasteiger partial charge in [-0.2, -0.15) is 0 Å². The molecular weight excluding hydrogens is 320 g/mol. The molecule has 2 saturated heterocycles. The molecule has 25 heavy (non-hydrogen) atoms. The van der Waals surface area contributed by atoms with Gasteiger partial charge < -0.3 is 14.2 Å². The van der Waals surface area contributed by atoms with Crippen LogP contribution in [0.5, 0.6) is 0 Å². The van der Waals surface area contributed by atoms with Crippen molar-refractivity contribution in [2.75, 3.05) is 0 Å². The molecule has 0 aromatic rings. The first-order valence-electron chi connectivity index (χ1n) is 8.88. The Kier molecular flexibility index (Phi) is 4.62. The SMILES string of the molecule is CC=C(C)C(=O)OC1=CC(C)=CCCC2(C)OC2C2OC(=O)C(C)C12. The number of rotatable bonds is 2. The van der Waals surface area contributed by atoms with E-state index in [9.17, 15) is 9.59 Å². The Bertz CT molecular complexity index is 686. The van der Waals surface area contributed by atoms with Gasteiger partial charge >= 0.3 is 11.9 Å². The van der Waals surface area contributed by atoms with Crippen molar-refractivity contribution in [1.29, 1.82) is 0 Å². The number of allylic oxidation sites excluding steroid dienone is 4. The maximum Gasteiger partial charge on any atom is 0.338 e. The zero-order valence-corrected chi connectivity index (χ0v) is 15.5. The molecule has 0 radical (unpaired) electrons. The fourth-order valence-corrected chi connectivity index (χ4v) is 3.64. The lowest BCUT2D eigenvalue weighted by molar-refractivity contribution is -0.144. The molecule has 5 heteroatoms. The smallest absolute Gasteiger partial charge is 0.338 e. The standard InChI is InChI=1S/C20H26O5/c1-6-12(3)18(21)23-14-10-11(2)8-7-9-20(5)17(25-20)16-15(14)13(4)19(22)24-16/h6,8,10,13,15-17H,7,9H2,1-5H3. The Morgan fingerprint density at radius 3 is 2.84 bits per heavy atom. The van der Waals surface area contributed by atoms with E-state index in [1.54, 1.807) is 19.9 Å². The van der Waals surface area contributed by atoms with Gasteiger partial charge in [0, 0.05) is 5.57 Å². The van der Waals surface area contributed by atoms with Crippen molar-refractivity contribution in [3.05, 3.63) is 35.1 Å². The summed E-state index contributed by atoms with van der Waals surface area (Å²) in [4.78, 5) is 24.6. The zero-order valence-electron chi connectivity index (χ0n) is 15.5. The van der Waals surface area contributed by atoms with Gasteiger partial charge in [-0.3, -0.25) is 4.79 Å². The number of ether oxygens (including phenoxy) is 3. The number of hydrogen-bond acceptors (Lipinski definition) is 5. The van der Waals surface area contributed by atoms with Gasteiger partial charge in [-0.15, -0.1) is 0 Å². The van der Waals surface area contributed by atoms with Crippen molar-refractivity contribution >= 4 is 11.9 Å². The molecule has 2 heterocycles. The first-order chi connectivity index (χ1) is 11.8. The number of fused-ring (bicyclic) bond motifs is 3. The van der Waals surface area contributed by atoms with Crippen LogP contribution in [0.25, 0.3) is 0 Å². The Morgan fingerprint density at radius 1 is 1.44 bits per heavy atom. The van der Waals surface area contributed by atoms with E-state index in [1.807, 2.05) is 19.9 Å². The second-order valence-electron chi connectivity index (χ2n) is 7.46. The lowest BCUT2D eigenvalue weighted by Gasteiger charge is -2.23. The normalized spacial score (nSPS) is 38.0. The van der Waals surface area contributed by atoms with Crippen LogP contribution < -0.4 is 0 Å². The summed E-state index contributed by atoms with van der Waals surface area (Å²) >= 11 is 0. The number of carbonyl (C=O) groups is 2. The summed E-state index contributed by atoms with van der Waals surface area (Å²) in [7, 11) is 0. The lowest BCUT2D eigenvalue weighted by Crippen LogP contribution is -2.32. The predicted molar refractivity (Wildman–Crippen MR) is 92.4 cm³/mol. The summed E-state index contributed by atoms with van der Waals surface area (Å²) in [5.74, 6) is -0.880. The van der Waals surface area contributed by atoms with Crippen LogP contribution in [-0.2, 0) is 23.8 Å². The van der Waals surface area contributed by atoms with Gasteiger partial charge in [0.25, 0.3) is 0 Å². The number of carbonyl (C=O) groups excluding carboxylic acids is 2. The Balaban J connectivity index is 2.00. The average molecular weight is 346 g/mol. The molecular formula is C20H26O5. The molecule has 0 N–H and O–H groups in total. The van der Waals surface area contributed by atoms with Crippen molar-refractivity contribution in [3.8, 4) is 0 Å². The fourth-order valence-electron chi connectivity index (χ4n) is 3.64. The summed E-state index contributed by atoms with van der Waals surface area (Å²) in [6.07, 6.45) is 6.87. The van der Waals surface area contributed by atoms with E-state index in [-0.39, 0.29) is 29.5 Å². The quantitative estimate of drug-likeness (QED) is 0.435. The van der Waals surface area contributed by atoms with Gasteiger partial charge in [-0.1, -0.05) is 24.6 Å². The van der Waals surface area contributed by atoms with E-state index in [0.717, 1.165) is 18.4 Å². The molecule has 0 aromatic carbocycles. The van der Waals surface area contributed by atoms with Crippen LogP contribution in [0.1, 0.15) is 47.5 Å². The van der Waals surface area contributed by atoms with Crippen LogP contribution in [0.15, 0.2) is 35.1 Å². The van der Waals surface area contributed by atoms with E-state index in [2.05, 4.69) is 13.0 Å². The van der Waals surface area contributed by atoms with Crippen LogP contribution >= 0.6 is 0 Å². The first kappa shape index (κ1) is 17.9. The largest absolute Gasteiger partial charge is 0.458 e. The molecule has 0 aromatic heterocycles. The summed E-state index contributed by atoms with van der Waals surface area (Å²) in [5.41, 5.74) is 1.26. The fraction of sp³-hybridized carbons (Fsp3) is 0.600. The molecule has 1 aliphatic carbocycles. The second kappa shape index (κ2) is 6.45. The lowest BCUT2D eigenvalue weighted by atomic mass is 9.83. The van der Waals surface area contributed by atoms with Gasteiger partial charge in [0.2, 0.25) is 0 Å². The van der Waals surface area contributed by atoms with Gasteiger partial charge in [-0.05, 0) is 46.6 Å². The maximum atomic E-state index is 12.3. The summed E-state index contributed by atoms with van der Waals surface area (Å²) in [6, 6.07) is 0. The van der Waals surface area contributed by atoms with E-state index >= 15 is 0 Å². The van der Waals surface area contributed by atoms with Crippen molar-refractivity contribution in [2.24, 2.45) is 11.8 Å². The maximum absolute atomic E-state index is 12.3. The van der Waals surface area contributed by atoms with Crippen molar-refractivity contribution in [1.82, 2.24) is 0 Å². The minimum atomic E-state index is -0.414. The highest BCUT2D eigenvalue weighted by atomic mass is 16.6. The third kappa shape index (κ3) is 3.30. The highest BCUT2D eigenvalue weighted by Gasteiger charge is 2.63. The predicted octanol–water partition coefficient (Wildman–Crippen LogP) is 3.46. The molecule has 5 unspecified atom stereocenters. The topological polar surface area (TPSA) is 65.1 Å². The molecule has 3 rings (SSSR count). The Hall–Kier alpha value is -1.88. The third-order valence-corrected chi connectivity index (χ3v) is 5.53. The molecule has 2 aliphatic heterocycles. The average Bonchev–Trinajstić information content (AvgIpc) is 3.13. The summed E-state index contributed by atoms with van der Waals surface area (Å²) < 4.78 is 17.3. The molecule has 5 atom stereocenters. The van der Waals surface area contributed by atoms with Crippen molar-refractivity contribution in [3.63, 3.8) is 0 Å². The van der Waals surface area contributed by atoms with Gasteiger partial charge in [0.05, 0.1) is 17.4 Å². The van der Waals surface area contributed by atoms with Crippen molar-refractivity contribution in [2.45, 2.75) is 65.3 Å².